The molecule has 1 aliphatic rings. The van der Waals surface area contributed by atoms with Crippen LogP contribution in [0.4, 0.5) is 4.39 Å². The van der Waals surface area contributed by atoms with Gasteiger partial charge < -0.3 is 5.32 Å². The van der Waals surface area contributed by atoms with E-state index in [0.717, 1.165) is 57.1 Å². The molecule has 1 saturated carbocycles. The number of carbonyl (C=O) groups excluding carboxylic acids is 1. The minimum Gasteiger partial charge on any atom is -0.356 e. The number of hydrogen-bond donors (Lipinski definition) is 1. The molecular weight excluding hydrogens is 375 g/mol. The molecule has 1 N–H and O–H groups in total. The summed E-state index contributed by atoms with van der Waals surface area (Å²) in [5, 5.41) is 3.07. The van der Waals surface area contributed by atoms with Gasteiger partial charge in [-0.3, -0.25) is 9.78 Å². The lowest BCUT2D eigenvalue weighted by molar-refractivity contribution is -0.121. The van der Waals surface area contributed by atoms with Gasteiger partial charge in [0.1, 0.15) is 5.82 Å². The van der Waals surface area contributed by atoms with Crippen molar-refractivity contribution in [2.24, 2.45) is 11.8 Å². The Morgan fingerprint density at radius 1 is 1.27 bits per heavy atom. The molecule has 0 bridgehead atoms. The van der Waals surface area contributed by atoms with E-state index in [-0.39, 0.29) is 17.1 Å². The maximum atomic E-state index is 13.8. The van der Waals surface area contributed by atoms with Crippen LogP contribution in [0.3, 0.4) is 0 Å². The van der Waals surface area contributed by atoms with E-state index in [1.54, 1.807) is 12.3 Å². The van der Waals surface area contributed by atoms with Gasteiger partial charge in [-0.2, -0.15) is 0 Å². The molecule has 1 aliphatic carbocycles. The molecule has 1 aromatic carbocycles. The summed E-state index contributed by atoms with van der Waals surface area (Å²) in [6.45, 7) is 5.21. The second-order valence-electron chi connectivity index (χ2n) is 8.99. The zero-order chi connectivity index (χ0) is 21.4. The van der Waals surface area contributed by atoms with E-state index in [1.165, 1.54) is 11.6 Å². The van der Waals surface area contributed by atoms with E-state index in [2.05, 4.69) is 36.3 Å². The average molecular weight is 411 g/mol. The number of amides is 1. The van der Waals surface area contributed by atoms with Gasteiger partial charge in [-0.05, 0) is 85.1 Å². The molecule has 3 rings (SSSR count). The molecule has 1 unspecified atom stereocenters. The third-order valence-corrected chi connectivity index (χ3v) is 6.67. The van der Waals surface area contributed by atoms with E-state index < -0.39 is 0 Å². The number of halogens is 1. The third kappa shape index (κ3) is 6.13. The number of benzene rings is 1. The number of rotatable bonds is 12. The van der Waals surface area contributed by atoms with Gasteiger partial charge in [0.25, 0.3) is 0 Å². The van der Waals surface area contributed by atoms with Crippen LogP contribution in [0.25, 0.3) is 0 Å². The first-order chi connectivity index (χ1) is 14.5. The summed E-state index contributed by atoms with van der Waals surface area (Å²) in [5.74, 6) is 1.12. The van der Waals surface area contributed by atoms with Crippen LogP contribution in [-0.2, 0) is 16.6 Å². The quantitative estimate of drug-likeness (QED) is 0.447. The van der Waals surface area contributed by atoms with Crippen molar-refractivity contribution in [3.05, 3.63) is 65.7 Å². The fourth-order valence-electron chi connectivity index (χ4n) is 4.89. The van der Waals surface area contributed by atoms with Gasteiger partial charge >= 0.3 is 0 Å². The van der Waals surface area contributed by atoms with Crippen LogP contribution < -0.4 is 5.32 Å². The van der Waals surface area contributed by atoms with Gasteiger partial charge in [0.2, 0.25) is 5.91 Å². The summed E-state index contributed by atoms with van der Waals surface area (Å²) in [7, 11) is 0. The Morgan fingerprint density at radius 2 is 2.13 bits per heavy atom. The summed E-state index contributed by atoms with van der Waals surface area (Å²) < 4.78 is 13.8. The highest BCUT2D eigenvalue weighted by atomic mass is 19.1. The molecule has 1 heterocycles. The topological polar surface area (TPSA) is 42.0 Å². The van der Waals surface area contributed by atoms with E-state index >= 15 is 0 Å². The fourth-order valence-corrected chi connectivity index (χ4v) is 4.89. The SMILES string of the molecule is CCC[C@](C)(c1cccc(F)c1)C1C[C@@H]1CCC(=O)NCCCCc1cccnc1. The molecule has 1 fully saturated rings. The second-order valence-corrected chi connectivity index (χ2v) is 8.99. The summed E-state index contributed by atoms with van der Waals surface area (Å²) in [5.41, 5.74) is 2.36. The van der Waals surface area contributed by atoms with Crippen molar-refractivity contribution in [3.8, 4) is 0 Å². The van der Waals surface area contributed by atoms with E-state index in [4.69, 9.17) is 0 Å². The van der Waals surface area contributed by atoms with Crippen molar-refractivity contribution in [3.63, 3.8) is 0 Å². The minimum absolute atomic E-state index is 0.00425. The Bertz CT molecular complexity index is 810. The number of nitrogens with zero attached hydrogens (tertiary/aromatic N) is 1. The fraction of sp³-hybridized carbons (Fsp3) is 0.538. The Labute approximate surface area is 180 Å². The molecule has 2 aromatic rings. The molecule has 0 spiro atoms. The first kappa shape index (κ1) is 22.5. The van der Waals surface area contributed by atoms with Crippen LogP contribution in [0.2, 0.25) is 0 Å². The van der Waals surface area contributed by atoms with Crippen molar-refractivity contribution in [2.45, 2.75) is 70.6 Å². The summed E-state index contributed by atoms with van der Waals surface area (Å²) in [6.07, 6.45) is 11.5. The number of aryl methyl sites for hydroxylation is 1. The largest absolute Gasteiger partial charge is 0.356 e. The standard InChI is InChI=1S/C26H35FN2O/c1-3-14-26(2,22-10-6-11-23(27)18-22)24-17-21(24)12-13-25(30)29-16-5-4-8-20-9-7-15-28-19-20/h6-7,9-11,15,18-19,21,24H,3-5,8,12-14,16-17H2,1-2H3,(H,29,30)/t21-,24?,26+/m0/s1. The summed E-state index contributed by atoms with van der Waals surface area (Å²) in [4.78, 5) is 16.4. The lowest BCUT2D eigenvalue weighted by Crippen LogP contribution is -2.27. The molecule has 3 nitrogen and oxygen atoms in total. The zero-order valence-electron chi connectivity index (χ0n) is 18.4. The lowest BCUT2D eigenvalue weighted by Gasteiger charge is -2.31. The highest BCUT2D eigenvalue weighted by Gasteiger charge is 2.49. The van der Waals surface area contributed by atoms with Gasteiger partial charge in [0.15, 0.2) is 0 Å². The molecule has 4 heteroatoms. The number of pyridine rings is 1. The average Bonchev–Trinajstić information content (AvgIpc) is 3.53. The molecule has 30 heavy (non-hydrogen) atoms. The first-order valence-electron chi connectivity index (χ1n) is 11.4. The number of hydrogen-bond acceptors (Lipinski definition) is 2. The Hall–Kier alpha value is -2.23. The van der Waals surface area contributed by atoms with Crippen molar-refractivity contribution in [1.82, 2.24) is 10.3 Å². The predicted molar refractivity (Wildman–Crippen MR) is 120 cm³/mol. The summed E-state index contributed by atoms with van der Waals surface area (Å²) in [6, 6.07) is 11.1. The predicted octanol–water partition coefficient (Wildman–Crippen LogP) is 5.83. The van der Waals surface area contributed by atoms with Gasteiger partial charge in [-0.1, -0.05) is 38.5 Å². The normalized spacial score (nSPS) is 19.8. The Balaban J connectivity index is 1.37. The smallest absolute Gasteiger partial charge is 0.220 e. The van der Waals surface area contributed by atoms with Crippen LogP contribution >= 0.6 is 0 Å². The highest BCUT2D eigenvalue weighted by Crippen LogP contribution is 2.56. The van der Waals surface area contributed by atoms with Crippen LogP contribution in [0.15, 0.2) is 48.8 Å². The van der Waals surface area contributed by atoms with Crippen LogP contribution in [0.5, 0.6) is 0 Å². The van der Waals surface area contributed by atoms with Crippen LogP contribution in [0, 0.1) is 17.7 Å². The van der Waals surface area contributed by atoms with Gasteiger partial charge in [0, 0.05) is 25.4 Å². The highest BCUT2D eigenvalue weighted by molar-refractivity contribution is 5.75. The van der Waals surface area contributed by atoms with Gasteiger partial charge in [0.05, 0.1) is 0 Å². The molecule has 0 saturated heterocycles. The number of carbonyl (C=O) groups is 1. The lowest BCUT2D eigenvalue weighted by atomic mass is 9.73. The van der Waals surface area contributed by atoms with Crippen molar-refractivity contribution < 1.29 is 9.18 Å². The van der Waals surface area contributed by atoms with Crippen molar-refractivity contribution in [1.29, 1.82) is 0 Å². The number of aromatic nitrogens is 1. The molecule has 1 aromatic heterocycles. The minimum atomic E-state index is -0.157. The monoisotopic (exact) mass is 410 g/mol. The Kier molecular flexibility index (Phi) is 8.01. The van der Waals surface area contributed by atoms with E-state index in [9.17, 15) is 9.18 Å². The van der Waals surface area contributed by atoms with Crippen molar-refractivity contribution >= 4 is 5.91 Å². The second kappa shape index (κ2) is 10.7. The summed E-state index contributed by atoms with van der Waals surface area (Å²) >= 11 is 0. The number of nitrogens with one attached hydrogen (secondary N) is 1. The molecule has 0 aliphatic heterocycles. The van der Waals surface area contributed by atoms with Crippen LogP contribution in [0.1, 0.15) is 69.9 Å². The third-order valence-electron chi connectivity index (χ3n) is 6.67. The molecule has 3 atom stereocenters. The van der Waals surface area contributed by atoms with Crippen LogP contribution in [-0.4, -0.2) is 17.4 Å². The maximum absolute atomic E-state index is 13.8. The molecular formula is C26H35FN2O. The Morgan fingerprint density at radius 3 is 2.87 bits per heavy atom. The molecule has 162 valence electrons. The maximum Gasteiger partial charge on any atom is 0.220 e. The van der Waals surface area contributed by atoms with Crippen molar-refractivity contribution in [2.75, 3.05) is 6.54 Å². The van der Waals surface area contributed by atoms with Gasteiger partial charge in [-0.25, -0.2) is 4.39 Å². The molecule has 1 amide bonds. The first-order valence-corrected chi connectivity index (χ1v) is 11.4. The number of unbranched alkanes of at least 4 members (excludes halogenated alkanes) is 1. The van der Waals surface area contributed by atoms with Gasteiger partial charge in [-0.15, -0.1) is 0 Å². The van der Waals surface area contributed by atoms with E-state index in [1.807, 2.05) is 18.3 Å². The zero-order valence-corrected chi connectivity index (χ0v) is 18.4. The molecule has 0 radical (unpaired) electrons. The van der Waals surface area contributed by atoms with E-state index in [0.29, 0.717) is 18.3 Å².